The van der Waals surface area contributed by atoms with E-state index in [1.165, 1.54) is 33.8 Å². The Morgan fingerprint density at radius 2 is 1.42 bits per heavy atom. The van der Waals surface area contributed by atoms with Gasteiger partial charge >= 0.3 is 5.97 Å². The van der Waals surface area contributed by atoms with Crippen molar-refractivity contribution in [2.45, 2.75) is 40.3 Å². The van der Waals surface area contributed by atoms with Crippen molar-refractivity contribution in [1.29, 1.82) is 10.8 Å². The summed E-state index contributed by atoms with van der Waals surface area (Å²) in [5, 5.41) is 17.0. The van der Waals surface area contributed by atoms with Crippen LogP contribution in [0, 0.1) is 30.6 Å². The van der Waals surface area contributed by atoms with Crippen LogP contribution in [0.2, 0.25) is 0 Å². The normalized spacial score (nSPS) is 12.5. The van der Waals surface area contributed by atoms with Crippen LogP contribution in [-0.2, 0) is 22.6 Å². The summed E-state index contributed by atoms with van der Waals surface area (Å²) in [6.45, 7) is 7.30. The van der Waals surface area contributed by atoms with Crippen LogP contribution in [0.4, 0.5) is 0 Å². The molecule has 0 saturated heterocycles. The molecule has 2 aromatic heterocycles. The highest BCUT2D eigenvalue weighted by atomic mass is 32.1. The molecule has 2 heterocycles. The zero-order valence-corrected chi connectivity index (χ0v) is 19.5. The lowest BCUT2D eigenvalue weighted by molar-refractivity contribution is -0.144. The number of benzene rings is 2. The van der Waals surface area contributed by atoms with Crippen molar-refractivity contribution in [2.24, 2.45) is 5.92 Å². The fourth-order valence-electron chi connectivity index (χ4n) is 3.91. The van der Waals surface area contributed by atoms with E-state index in [1.54, 1.807) is 0 Å². The Kier molecular flexibility index (Phi) is 6.11. The maximum atomic E-state index is 12.4. The van der Waals surface area contributed by atoms with Gasteiger partial charge in [-0.15, -0.1) is 0 Å². The number of aryl methyl sites for hydroxylation is 2. The molecule has 8 heteroatoms. The Balaban J connectivity index is 1.71. The van der Waals surface area contributed by atoms with Gasteiger partial charge in [-0.1, -0.05) is 34.8 Å². The van der Waals surface area contributed by atoms with Crippen LogP contribution in [0.3, 0.4) is 0 Å². The van der Waals surface area contributed by atoms with Gasteiger partial charge in [-0.2, -0.15) is 0 Å². The molecule has 0 atom stereocenters. The van der Waals surface area contributed by atoms with Gasteiger partial charge in [-0.05, 0) is 56.2 Å². The predicted molar refractivity (Wildman–Crippen MR) is 126 cm³/mol. The molecule has 0 saturated carbocycles. The molecule has 0 bridgehead atoms. The zero-order valence-electron chi connectivity index (χ0n) is 17.9. The SMILES string of the molecule is CCOC(=O)CC(Cn1c(=N)sc2cc(C)ccc21)Cn1c(=N)sc2cc(C)ccc21. The molecule has 0 amide bonds. The van der Waals surface area contributed by atoms with Gasteiger partial charge in [0.15, 0.2) is 9.60 Å². The Labute approximate surface area is 188 Å². The van der Waals surface area contributed by atoms with Crippen molar-refractivity contribution >= 4 is 49.1 Å². The molecule has 0 fully saturated rings. The van der Waals surface area contributed by atoms with E-state index in [9.17, 15) is 4.79 Å². The first-order chi connectivity index (χ1) is 14.9. The van der Waals surface area contributed by atoms with Crippen molar-refractivity contribution in [2.75, 3.05) is 6.61 Å². The van der Waals surface area contributed by atoms with E-state index < -0.39 is 0 Å². The molecule has 6 nitrogen and oxygen atoms in total. The molecule has 4 rings (SSSR count). The van der Waals surface area contributed by atoms with Crippen LogP contribution in [-0.4, -0.2) is 21.7 Å². The van der Waals surface area contributed by atoms with Gasteiger partial charge in [-0.3, -0.25) is 15.6 Å². The van der Waals surface area contributed by atoms with Crippen LogP contribution >= 0.6 is 22.7 Å². The maximum Gasteiger partial charge on any atom is 0.306 e. The van der Waals surface area contributed by atoms with Crippen molar-refractivity contribution in [3.05, 3.63) is 57.1 Å². The molecule has 162 valence electrons. The van der Waals surface area contributed by atoms with Crippen molar-refractivity contribution in [3.8, 4) is 0 Å². The fourth-order valence-corrected chi connectivity index (χ4v) is 5.95. The molecule has 2 N–H and O–H groups in total. The number of nitrogens with zero attached hydrogens (tertiary/aromatic N) is 2. The summed E-state index contributed by atoms with van der Waals surface area (Å²) in [7, 11) is 0. The first-order valence-electron chi connectivity index (χ1n) is 10.3. The van der Waals surface area contributed by atoms with Crippen molar-refractivity contribution in [3.63, 3.8) is 0 Å². The number of aromatic nitrogens is 2. The number of fused-ring (bicyclic) bond motifs is 2. The van der Waals surface area contributed by atoms with Crippen molar-refractivity contribution < 1.29 is 9.53 Å². The Hall–Kier alpha value is -2.71. The molecular formula is C23H26N4O2S2. The second-order valence-electron chi connectivity index (χ2n) is 7.85. The number of nitrogens with one attached hydrogen (secondary N) is 2. The van der Waals surface area contributed by atoms with E-state index in [0.29, 0.717) is 29.3 Å². The predicted octanol–water partition coefficient (Wildman–Crippen LogP) is 4.56. The molecule has 0 radical (unpaired) electrons. The minimum absolute atomic E-state index is 0.0968. The lowest BCUT2D eigenvalue weighted by Gasteiger charge is -2.19. The Morgan fingerprint density at radius 1 is 0.935 bits per heavy atom. The fraction of sp³-hybridized carbons (Fsp3) is 0.348. The lowest BCUT2D eigenvalue weighted by atomic mass is 10.0. The van der Waals surface area contributed by atoms with Crippen LogP contribution in [0.1, 0.15) is 24.5 Å². The third-order valence-corrected chi connectivity index (χ3v) is 7.28. The maximum absolute atomic E-state index is 12.4. The average molecular weight is 455 g/mol. The summed E-state index contributed by atoms with van der Waals surface area (Å²) in [5.74, 6) is -0.335. The molecule has 2 aromatic carbocycles. The number of thiazole rings is 2. The van der Waals surface area contributed by atoms with Gasteiger partial charge in [0, 0.05) is 19.0 Å². The average Bonchev–Trinajstić information content (AvgIpc) is 3.17. The summed E-state index contributed by atoms with van der Waals surface area (Å²) in [5.41, 5.74) is 4.35. The summed E-state index contributed by atoms with van der Waals surface area (Å²) in [6.07, 6.45) is 0.249. The lowest BCUT2D eigenvalue weighted by Crippen LogP contribution is -2.28. The highest BCUT2D eigenvalue weighted by Gasteiger charge is 2.20. The van der Waals surface area contributed by atoms with Gasteiger partial charge in [0.2, 0.25) is 0 Å². The topological polar surface area (TPSA) is 83.9 Å². The smallest absolute Gasteiger partial charge is 0.306 e. The second kappa shape index (κ2) is 8.80. The minimum atomic E-state index is -0.238. The van der Waals surface area contributed by atoms with Crippen LogP contribution in [0.25, 0.3) is 20.4 Å². The molecule has 31 heavy (non-hydrogen) atoms. The second-order valence-corrected chi connectivity index (χ2v) is 9.91. The van der Waals surface area contributed by atoms with Gasteiger partial charge in [0.05, 0.1) is 33.5 Å². The zero-order chi connectivity index (χ0) is 22.1. The largest absolute Gasteiger partial charge is 0.466 e. The van der Waals surface area contributed by atoms with E-state index in [1.807, 2.05) is 42.0 Å². The third kappa shape index (κ3) is 4.50. The Morgan fingerprint density at radius 3 is 1.87 bits per heavy atom. The van der Waals surface area contributed by atoms with Crippen molar-refractivity contribution in [1.82, 2.24) is 9.13 Å². The number of carbonyl (C=O) groups excluding carboxylic acids is 1. The molecule has 4 aromatic rings. The summed E-state index contributed by atoms with van der Waals surface area (Å²) >= 11 is 2.90. The van der Waals surface area contributed by atoms with Crippen LogP contribution in [0.5, 0.6) is 0 Å². The number of esters is 1. The molecular weight excluding hydrogens is 428 g/mol. The van der Waals surface area contributed by atoms with Gasteiger partial charge in [0.1, 0.15) is 0 Å². The number of ether oxygens (including phenoxy) is 1. The quantitative estimate of drug-likeness (QED) is 0.401. The van der Waals surface area contributed by atoms with E-state index in [4.69, 9.17) is 15.6 Å². The molecule has 0 aliphatic carbocycles. The molecule has 0 spiro atoms. The monoisotopic (exact) mass is 454 g/mol. The first kappa shape index (κ1) is 21.5. The summed E-state index contributed by atoms with van der Waals surface area (Å²) < 4.78 is 11.3. The first-order valence-corrected chi connectivity index (χ1v) is 11.9. The van der Waals surface area contributed by atoms with E-state index in [-0.39, 0.29) is 18.3 Å². The summed E-state index contributed by atoms with van der Waals surface area (Å²) in [6, 6.07) is 12.4. The highest BCUT2D eigenvalue weighted by molar-refractivity contribution is 7.16. The van der Waals surface area contributed by atoms with Gasteiger partial charge < -0.3 is 13.9 Å². The highest BCUT2D eigenvalue weighted by Crippen LogP contribution is 2.24. The standard InChI is InChI=1S/C23H26N4O2S2/c1-4-29-21(28)11-16(12-26-17-7-5-14(2)9-19(17)30-22(26)24)13-27-18-8-6-15(3)10-20(18)31-23(27)25/h5-10,16,24-25H,4,11-13H2,1-3H3. The molecule has 0 unspecified atom stereocenters. The number of rotatable bonds is 7. The van der Waals surface area contributed by atoms with Crippen LogP contribution in [0.15, 0.2) is 36.4 Å². The third-order valence-electron chi connectivity index (χ3n) is 5.36. The van der Waals surface area contributed by atoms with E-state index in [0.717, 1.165) is 20.4 Å². The van der Waals surface area contributed by atoms with Crippen LogP contribution < -0.4 is 9.60 Å². The Bertz CT molecular complexity index is 1280. The number of hydrogen-bond donors (Lipinski definition) is 2. The molecule has 0 aliphatic rings. The van der Waals surface area contributed by atoms with E-state index >= 15 is 0 Å². The minimum Gasteiger partial charge on any atom is -0.466 e. The molecule has 0 aliphatic heterocycles. The summed E-state index contributed by atoms with van der Waals surface area (Å²) in [4.78, 5) is 13.3. The van der Waals surface area contributed by atoms with Gasteiger partial charge in [0.25, 0.3) is 0 Å². The van der Waals surface area contributed by atoms with E-state index in [2.05, 4.69) is 24.3 Å². The number of carbonyl (C=O) groups is 1. The van der Waals surface area contributed by atoms with Gasteiger partial charge in [-0.25, -0.2) is 0 Å². The number of hydrogen-bond acceptors (Lipinski definition) is 6.